The van der Waals surface area contributed by atoms with Gasteiger partial charge in [0.05, 0.1) is 0 Å². The SMILES string of the molecule is CCOC(CC=C=Cc1ccccc1)OCC. The predicted octanol–water partition coefficient (Wildman–Crippen LogP) is 3.64. The van der Waals surface area contributed by atoms with Crippen LogP contribution >= 0.6 is 0 Å². The molecule has 17 heavy (non-hydrogen) atoms. The largest absolute Gasteiger partial charge is 0.353 e. The van der Waals surface area contributed by atoms with Crippen LogP contribution in [-0.2, 0) is 9.47 Å². The second-order valence-corrected chi connectivity index (χ2v) is 3.50. The van der Waals surface area contributed by atoms with Crippen molar-refractivity contribution in [3.8, 4) is 0 Å². The van der Waals surface area contributed by atoms with Gasteiger partial charge in [0.1, 0.15) is 0 Å². The molecule has 0 unspecified atom stereocenters. The lowest BCUT2D eigenvalue weighted by molar-refractivity contribution is -0.133. The average molecular weight is 232 g/mol. The van der Waals surface area contributed by atoms with Crippen molar-refractivity contribution in [3.05, 3.63) is 47.7 Å². The van der Waals surface area contributed by atoms with Crippen molar-refractivity contribution >= 4 is 6.08 Å². The molecule has 2 nitrogen and oxygen atoms in total. The summed E-state index contributed by atoms with van der Waals surface area (Å²) in [4.78, 5) is 0. The third-order valence-electron chi connectivity index (χ3n) is 2.18. The first-order valence-corrected chi connectivity index (χ1v) is 6.06. The molecule has 0 aromatic heterocycles. The van der Waals surface area contributed by atoms with Crippen LogP contribution in [0.2, 0.25) is 0 Å². The number of hydrogen-bond donors (Lipinski definition) is 0. The van der Waals surface area contributed by atoms with Crippen LogP contribution < -0.4 is 0 Å². The van der Waals surface area contributed by atoms with E-state index in [1.54, 1.807) is 0 Å². The standard InChI is InChI=1S/C15H20O2/c1-3-16-15(17-4-2)13-9-8-12-14-10-6-5-7-11-14/h5-7,9-12,15H,3-4,13H2,1-2H3. The van der Waals surface area contributed by atoms with E-state index in [0.717, 1.165) is 12.0 Å². The quantitative estimate of drug-likeness (QED) is 0.528. The lowest BCUT2D eigenvalue weighted by Crippen LogP contribution is -2.15. The lowest BCUT2D eigenvalue weighted by Gasteiger charge is -2.13. The second-order valence-electron chi connectivity index (χ2n) is 3.50. The first-order chi connectivity index (χ1) is 8.36. The Morgan fingerprint density at radius 2 is 1.76 bits per heavy atom. The van der Waals surface area contributed by atoms with Gasteiger partial charge in [0, 0.05) is 19.6 Å². The van der Waals surface area contributed by atoms with E-state index in [2.05, 4.69) is 5.73 Å². The molecule has 1 aromatic rings. The van der Waals surface area contributed by atoms with Crippen LogP contribution in [0.15, 0.2) is 42.1 Å². The zero-order chi connectivity index (χ0) is 12.3. The fraction of sp³-hybridized carbons (Fsp3) is 0.400. The third-order valence-corrected chi connectivity index (χ3v) is 2.18. The minimum absolute atomic E-state index is 0.151. The Balaban J connectivity index is 2.44. The molecule has 0 saturated heterocycles. The van der Waals surface area contributed by atoms with E-state index in [9.17, 15) is 0 Å². The molecule has 0 heterocycles. The van der Waals surface area contributed by atoms with Gasteiger partial charge in [-0.1, -0.05) is 30.3 Å². The maximum atomic E-state index is 5.43. The van der Waals surface area contributed by atoms with Crippen molar-refractivity contribution in [2.45, 2.75) is 26.6 Å². The zero-order valence-electron chi connectivity index (χ0n) is 10.6. The molecule has 1 aromatic carbocycles. The van der Waals surface area contributed by atoms with Gasteiger partial charge >= 0.3 is 0 Å². The minimum atomic E-state index is -0.151. The maximum absolute atomic E-state index is 5.43. The zero-order valence-corrected chi connectivity index (χ0v) is 10.6. The van der Waals surface area contributed by atoms with Gasteiger partial charge < -0.3 is 9.47 Å². The molecular weight excluding hydrogens is 212 g/mol. The molecule has 0 amide bonds. The molecule has 2 heteroatoms. The highest BCUT2D eigenvalue weighted by atomic mass is 16.7. The first-order valence-electron chi connectivity index (χ1n) is 6.06. The van der Waals surface area contributed by atoms with E-state index in [4.69, 9.17) is 9.47 Å². The van der Waals surface area contributed by atoms with Gasteiger partial charge in [0.15, 0.2) is 6.29 Å². The first kappa shape index (κ1) is 13.7. The summed E-state index contributed by atoms with van der Waals surface area (Å²) in [6.45, 7) is 5.27. The van der Waals surface area contributed by atoms with Crippen molar-refractivity contribution in [2.75, 3.05) is 13.2 Å². The van der Waals surface area contributed by atoms with Gasteiger partial charge in [-0.25, -0.2) is 0 Å². The Hall–Kier alpha value is -1.34. The average Bonchev–Trinajstić information content (AvgIpc) is 2.36. The number of ether oxygens (including phenoxy) is 2. The van der Waals surface area contributed by atoms with Gasteiger partial charge in [0.2, 0.25) is 0 Å². The summed E-state index contributed by atoms with van der Waals surface area (Å²) in [6.07, 6.45) is 4.48. The lowest BCUT2D eigenvalue weighted by atomic mass is 10.2. The molecule has 0 aliphatic rings. The number of benzene rings is 1. The minimum Gasteiger partial charge on any atom is -0.353 e. The van der Waals surface area contributed by atoms with Crippen LogP contribution in [0.25, 0.3) is 6.08 Å². The van der Waals surface area contributed by atoms with Gasteiger partial charge in [0.25, 0.3) is 0 Å². The molecule has 92 valence electrons. The molecule has 0 atom stereocenters. The van der Waals surface area contributed by atoms with Crippen molar-refractivity contribution < 1.29 is 9.47 Å². The Kier molecular flexibility index (Phi) is 7.08. The summed E-state index contributed by atoms with van der Waals surface area (Å²) in [6, 6.07) is 10.1. The molecule has 0 bridgehead atoms. The molecular formula is C15H20O2. The fourth-order valence-corrected chi connectivity index (χ4v) is 1.42. The third kappa shape index (κ3) is 6.08. The van der Waals surface area contributed by atoms with Crippen LogP contribution in [0.4, 0.5) is 0 Å². The highest BCUT2D eigenvalue weighted by Gasteiger charge is 2.03. The van der Waals surface area contributed by atoms with E-state index in [1.165, 1.54) is 0 Å². The summed E-state index contributed by atoms with van der Waals surface area (Å²) >= 11 is 0. The number of hydrogen-bond acceptors (Lipinski definition) is 2. The molecule has 0 aliphatic heterocycles. The molecule has 0 N–H and O–H groups in total. The summed E-state index contributed by atoms with van der Waals surface area (Å²) in [7, 11) is 0. The van der Waals surface area contributed by atoms with Crippen molar-refractivity contribution in [1.82, 2.24) is 0 Å². The van der Waals surface area contributed by atoms with E-state index in [0.29, 0.717) is 13.2 Å². The molecule has 0 radical (unpaired) electrons. The van der Waals surface area contributed by atoms with E-state index >= 15 is 0 Å². The van der Waals surface area contributed by atoms with E-state index in [-0.39, 0.29) is 6.29 Å². The van der Waals surface area contributed by atoms with Gasteiger partial charge in [-0.3, -0.25) is 0 Å². The predicted molar refractivity (Wildman–Crippen MR) is 70.6 cm³/mol. The second kappa shape index (κ2) is 8.77. The molecule has 1 rings (SSSR count). The maximum Gasteiger partial charge on any atom is 0.161 e. The summed E-state index contributed by atoms with van der Waals surface area (Å²) in [5.41, 5.74) is 4.29. The summed E-state index contributed by atoms with van der Waals surface area (Å²) < 4.78 is 10.9. The van der Waals surface area contributed by atoms with E-state index in [1.807, 2.05) is 56.3 Å². The van der Waals surface area contributed by atoms with Crippen molar-refractivity contribution in [2.24, 2.45) is 0 Å². The number of rotatable bonds is 7. The Bertz CT molecular complexity index is 344. The van der Waals surface area contributed by atoms with Gasteiger partial charge in [-0.05, 0) is 31.6 Å². The van der Waals surface area contributed by atoms with Gasteiger partial charge in [-0.2, -0.15) is 0 Å². The van der Waals surface area contributed by atoms with Crippen LogP contribution in [-0.4, -0.2) is 19.5 Å². The Morgan fingerprint density at radius 1 is 1.12 bits per heavy atom. The van der Waals surface area contributed by atoms with Crippen LogP contribution in [0.5, 0.6) is 0 Å². The topological polar surface area (TPSA) is 18.5 Å². The monoisotopic (exact) mass is 232 g/mol. The van der Waals surface area contributed by atoms with Crippen molar-refractivity contribution in [1.29, 1.82) is 0 Å². The Morgan fingerprint density at radius 3 is 2.35 bits per heavy atom. The highest BCUT2D eigenvalue weighted by Crippen LogP contribution is 2.03. The normalized spacial score (nSPS) is 10.1. The molecule has 0 aliphatic carbocycles. The Labute approximate surface area is 104 Å². The summed E-state index contributed by atoms with van der Waals surface area (Å²) in [5, 5.41) is 0. The van der Waals surface area contributed by atoms with Crippen molar-refractivity contribution in [3.63, 3.8) is 0 Å². The van der Waals surface area contributed by atoms with E-state index < -0.39 is 0 Å². The molecule has 0 fully saturated rings. The highest BCUT2D eigenvalue weighted by molar-refractivity contribution is 5.47. The van der Waals surface area contributed by atoms with Crippen LogP contribution in [0.1, 0.15) is 25.8 Å². The van der Waals surface area contributed by atoms with Crippen LogP contribution in [0.3, 0.4) is 0 Å². The van der Waals surface area contributed by atoms with Gasteiger partial charge in [-0.15, -0.1) is 5.73 Å². The summed E-state index contributed by atoms with van der Waals surface area (Å²) in [5.74, 6) is 0. The fourth-order valence-electron chi connectivity index (χ4n) is 1.42. The van der Waals surface area contributed by atoms with Crippen LogP contribution in [0, 0.1) is 0 Å². The molecule has 0 spiro atoms. The smallest absolute Gasteiger partial charge is 0.161 e. The molecule has 0 saturated carbocycles.